The van der Waals surface area contributed by atoms with E-state index in [2.05, 4.69) is 20.7 Å². The first-order valence-electron chi connectivity index (χ1n) is 11.1. The van der Waals surface area contributed by atoms with Crippen LogP contribution in [0.3, 0.4) is 0 Å². The van der Waals surface area contributed by atoms with Crippen molar-refractivity contribution in [3.05, 3.63) is 78.4 Å². The summed E-state index contributed by atoms with van der Waals surface area (Å²) in [4.78, 5) is 16.6. The lowest BCUT2D eigenvalue weighted by Crippen LogP contribution is -2.40. The van der Waals surface area contributed by atoms with Crippen LogP contribution in [0.15, 0.2) is 67.0 Å². The number of pyridine rings is 1. The smallest absolute Gasteiger partial charge is 0.368 e. The van der Waals surface area contributed by atoms with Crippen molar-refractivity contribution in [1.82, 2.24) is 24.5 Å². The normalized spacial score (nSPS) is 18.7. The van der Waals surface area contributed by atoms with Crippen LogP contribution in [0.4, 0.5) is 19.0 Å². The molecule has 7 nitrogen and oxygen atoms in total. The van der Waals surface area contributed by atoms with Crippen molar-refractivity contribution in [2.75, 3.05) is 5.32 Å². The minimum absolute atomic E-state index is 0.0190. The molecule has 176 valence electrons. The lowest BCUT2D eigenvalue weighted by Gasteiger charge is -2.30. The zero-order valence-corrected chi connectivity index (χ0v) is 18.2. The average molecular weight is 468 g/mol. The van der Waals surface area contributed by atoms with Gasteiger partial charge in [-0.15, -0.1) is 0 Å². The Labute approximate surface area is 193 Å². The Bertz CT molecular complexity index is 1290. The predicted octanol–water partition coefficient (Wildman–Crippen LogP) is 4.69. The van der Waals surface area contributed by atoms with Crippen molar-refractivity contribution >= 4 is 17.4 Å². The van der Waals surface area contributed by atoms with Gasteiger partial charge < -0.3 is 10.6 Å². The van der Waals surface area contributed by atoms with Crippen molar-refractivity contribution in [2.45, 2.75) is 43.9 Å². The van der Waals surface area contributed by atoms with Crippen LogP contribution < -0.4 is 10.6 Å². The van der Waals surface area contributed by atoms with Gasteiger partial charge in [0.15, 0.2) is 5.69 Å². The largest absolute Gasteiger partial charge is 0.434 e. The highest BCUT2D eigenvalue weighted by Gasteiger charge is 2.34. The third-order valence-electron chi connectivity index (χ3n) is 6.07. The summed E-state index contributed by atoms with van der Waals surface area (Å²) in [6.07, 6.45) is 1.20. The molecule has 3 heterocycles. The zero-order valence-electron chi connectivity index (χ0n) is 18.2. The molecule has 1 aliphatic rings. The fraction of sp³-hybridized carbons (Fsp3) is 0.292. The number of fused-ring (bicyclic) bond motifs is 1. The highest BCUT2D eigenvalue weighted by Crippen LogP contribution is 2.30. The minimum atomic E-state index is -4.49. The number of hydrogen-bond donors (Lipinski definition) is 2. The second kappa shape index (κ2) is 8.85. The van der Waals surface area contributed by atoms with Crippen LogP contribution in [0.2, 0.25) is 0 Å². The van der Waals surface area contributed by atoms with E-state index >= 15 is 0 Å². The van der Waals surface area contributed by atoms with Gasteiger partial charge in [-0.1, -0.05) is 24.3 Å². The lowest BCUT2D eigenvalue weighted by atomic mass is 9.91. The molecule has 5 rings (SSSR count). The number of halogens is 3. The van der Waals surface area contributed by atoms with Gasteiger partial charge in [-0.05, 0) is 56.0 Å². The summed E-state index contributed by atoms with van der Waals surface area (Å²) >= 11 is 0. The number of imidazole rings is 1. The number of hydrogen-bond acceptors (Lipinski definition) is 4. The van der Waals surface area contributed by atoms with Gasteiger partial charge in [0.2, 0.25) is 0 Å². The third kappa shape index (κ3) is 4.48. The first-order valence-corrected chi connectivity index (χ1v) is 11.1. The molecule has 1 fully saturated rings. The maximum Gasteiger partial charge on any atom is 0.434 e. The molecular weight excluding hydrogens is 445 g/mol. The van der Waals surface area contributed by atoms with E-state index in [1.165, 1.54) is 4.40 Å². The van der Waals surface area contributed by atoms with Gasteiger partial charge in [-0.3, -0.25) is 9.20 Å². The number of para-hydroxylation sites is 1. The summed E-state index contributed by atoms with van der Waals surface area (Å²) in [5.74, 6) is 0.389. The number of benzene rings is 1. The third-order valence-corrected chi connectivity index (χ3v) is 6.07. The van der Waals surface area contributed by atoms with Crippen molar-refractivity contribution in [2.24, 2.45) is 0 Å². The van der Waals surface area contributed by atoms with Crippen LogP contribution in [0.1, 0.15) is 41.9 Å². The summed E-state index contributed by atoms with van der Waals surface area (Å²) in [5.41, 5.74) is 0.614. The van der Waals surface area contributed by atoms with Gasteiger partial charge in [-0.25, -0.2) is 9.67 Å². The zero-order chi connectivity index (χ0) is 23.7. The second-order valence-electron chi connectivity index (χ2n) is 8.39. The number of carbonyl (C=O) groups is 1. The molecule has 1 amide bonds. The molecule has 0 unspecified atom stereocenters. The average Bonchev–Trinajstić information content (AvgIpc) is 3.49. The number of rotatable bonds is 5. The quantitative estimate of drug-likeness (QED) is 0.446. The van der Waals surface area contributed by atoms with Gasteiger partial charge in [-0.2, -0.15) is 18.3 Å². The van der Waals surface area contributed by atoms with Gasteiger partial charge in [0.1, 0.15) is 17.2 Å². The molecule has 0 aliphatic heterocycles. The van der Waals surface area contributed by atoms with E-state index in [0.717, 1.165) is 37.6 Å². The molecule has 0 bridgehead atoms. The Morgan fingerprint density at radius 2 is 1.68 bits per heavy atom. The Kier molecular flexibility index (Phi) is 5.72. The molecule has 0 spiro atoms. The van der Waals surface area contributed by atoms with Crippen LogP contribution in [-0.2, 0) is 6.18 Å². The maximum atomic E-state index is 13.1. The number of alkyl halides is 3. The van der Waals surface area contributed by atoms with Crippen molar-refractivity contribution in [1.29, 1.82) is 0 Å². The summed E-state index contributed by atoms with van der Waals surface area (Å²) in [6, 6.07) is 16.2. The molecule has 1 saturated carbocycles. The van der Waals surface area contributed by atoms with Gasteiger partial charge in [0.25, 0.3) is 5.91 Å². The topological polar surface area (TPSA) is 76.2 Å². The standard InChI is InChI=1S/C24H23F3N6O/c25-24(26,27)20-15-32-21(7-4-8-22(32)31-20)29-16-9-11-17(12-10-16)30-23(34)19-13-14-28-33(19)18-5-2-1-3-6-18/h1-8,13-17,29H,9-12H2,(H,30,34)/t16-,17+. The highest BCUT2D eigenvalue weighted by molar-refractivity contribution is 5.93. The van der Waals surface area contributed by atoms with Crippen LogP contribution in [-0.4, -0.2) is 37.2 Å². The monoisotopic (exact) mass is 468 g/mol. The maximum absolute atomic E-state index is 13.1. The molecule has 1 aliphatic carbocycles. The highest BCUT2D eigenvalue weighted by atomic mass is 19.4. The van der Waals surface area contributed by atoms with Gasteiger partial charge >= 0.3 is 6.18 Å². The second-order valence-corrected chi connectivity index (χ2v) is 8.39. The predicted molar refractivity (Wildman–Crippen MR) is 121 cm³/mol. The van der Waals surface area contributed by atoms with Crippen molar-refractivity contribution < 1.29 is 18.0 Å². The molecule has 3 aromatic heterocycles. The molecule has 1 aromatic carbocycles. The Morgan fingerprint density at radius 3 is 2.41 bits per heavy atom. The van der Waals surface area contributed by atoms with Gasteiger partial charge in [0, 0.05) is 18.3 Å². The number of nitrogens with one attached hydrogen (secondary N) is 2. The number of anilines is 1. The molecule has 0 radical (unpaired) electrons. The van der Waals surface area contributed by atoms with E-state index < -0.39 is 11.9 Å². The minimum Gasteiger partial charge on any atom is -0.368 e. The van der Waals surface area contributed by atoms with Crippen LogP contribution in [0.5, 0.6) is 0 Å². The lowest BCUT2D eigenvalue weighted by molar-refractivity contribution is -0.140. The Balaban J connectivity index is 1.21. The Hall–Kier alpha value is -3.82. The Morgan fingerprint density at radius 1 is 0.941 bits per heavy atom. The molecule has 4 aromatic rings. The number of aromatic nitrogens is 4. The molecule has 0 saturated heterocycles. The summed E-state index contributed by atoms with van der Waals surface area (Å²) in [6.45, 7) is 0. The first-order chi connectivity index (χ1) is 16.4. The molecule has 10 heteroatoms. The summed E-state index contributed by atoms with van der Waals surface area (Å²) in [5, 5.41) is 10.7. The van der Waals surface area contributed by atoms with Crippen LogP contribution in [0, 0.1) is 0 Å². The molecule has 0 atom stereocenters. The first kappa shape index (κ1) is 22.0. The van der Waals surface area contributed by atoms with Gasteiger partial charge in [0.05, 0.1) is 11.9 Å². The molecule has 2 N–H and O–H groups in total. The van der Waals surface area contributed by atoms with E-state index in [9.17, 15) is 18.0 Å². The van der Waals surface area contributed by atoms with E-state index in [0.29, 0.717) is 11.5 Å². The van der Waals surface area contributed by atoms with E-state index in [1.54, 1.807) is 35.1 Å². The van der Waals surface area contributed by atoms with E-state index in [-0.39, 0.29) is 23.6 Å². The van der Waals surface area contributed by atoms with Crippen molar-refractivity contribution in [3.8, 4) is 5.69 Å². The number of nitrogens with zero attached hydrogens (tertiary/aromatic N) is 4. The van der Waals surface area contributed by atoms with Crippen LogP contribution >= 0.6 is 0 Å². The van der Waals surface area contributed by atoms with Crippen molar-refractivity contribution in [3.63, 3.8) is 0 Å². The number of amides is 1. The molecular formula is C24H23F3N6O. The summed E-state index contributed by atoms with van der Waals surface area (Å²) < 4.78 is 42.2. The SMILES string of the molecule is O=C(N[C@H]1CC[C@@H](Nc2cccc3nc(C(F)(F)F)cn23)CC1)c1ccnn1-c1ccccc1. The van der Waals surface area contributed by atoms with Crippen LogP contribution in [0.25, 0.3) is 11.3 Å². The summed E-state index contributed by atoms with van der Waals surface area (Å²) in [7, 11) is 0. The van der Waals surface area contributed by atoms with E-state index in [4.69, 9.17) is 0 Å². The fourth-order valence-electron chi connectivity index (χ4n) is 4.37. The number of carbonyl (C=O) groups excluding carboxylic acids is 1. The van der Waals surface area contributed by atoms with E-state index in [1.807, 2.05) is 30.3 Å². The fourth-order valence-corrected chi connectivity index (χ4v) is 4.37. The molecule has 34 heavy (non-hydrogen) atoms.